The van der Waals surface area contributed by atoms with Crippen LogP contribution in [0.1, 0.15) is 11.1 Å². The number of anilines is 1. The summed E-state index contributed by atoms with van der Waals surface area (Å²) in [5, 5.41) is 14.4. The number of aliphatic hydroxyl groups excluding tert-OH is 1. The first kappa shape index (κ1) is 20.9. The number of aromatic nitrogens is 3. The standard InChI is InChI=1S/C24H21FN4O4/c1-15-2-7-20-19(12-15)28(10-11-33-20)21(31)13-27-8-9-29-23(24(27)32)18(14-30)22(26-29)16-3-5-17(25)6-4-16/h2-9,12,30H,10-11,13-14H2,1H3. The SMILES string of the molecule is Cc1ccc2c(c1)N(C(=O)Cn1ccn3nc(-c4ccc(F)cc4)c(CO)c3c1=O)CCO2. The summed E-state index contributed by atoms with van der Waals surface area (Å²) in [6.45, 7) is 2.08. The summed E-state index contributed by atoms with van der Waals surface area (Å²) >= 11 is 0. The van der Waals surface area contributed by atoms with Gasteiger partial charge in [-0.05, 0) is 48.9 Å². The van der Waals surface area contributed by atoms with Crippen molar-refractivity contribution in [2.24, 2.45) is 0 Å². The number of aryl methyl sites for hydroxylation is 1. The maximum atomic E-state index is 13.3. The number of aliphatic hydroxyl groups is 1. The molecular formula is C24H21FN4O4. The van der Waals surface area contributed by atoms with Crippen LogP contribution < -0.4 is 15.2 Å². The fourth-order valence-corrected chi connectivity index (χ4v) is 4.08. The van der Waals surface area contributed by atoms with Crippen molar-refractivity contribution in [3.63, 3.8) is 0 Å². The first-order valence-electron chi connectivity index (χ1n) is 10.5. The number of carbonyl (C=O) groups excluding carboxylic acids is 1. The summed E-state index contributed by atoms with van der Waals surface area (Å²) in [7, 11) is 0. The Kier molecular flexibility index (Phi) is 5.18. The normalized spacial score (nSPS) is 13.1. The molecule has 0 aliphatic carbocycles. The number of nitrogens with zero attached hydrogens (tertiary/aromatic N) is 4. The number of ether oxygens (including phenoxy) is 1. The molecule has 2 aromatic heterocycles. The van der Waals surface area contributed by atoms with Crippen molar-refractivity contribution >= 4 is 17.1 Å². The molecule has 0 fully saturated rings. The third-order valence-electron chi connectivity index (χ3n) is 5.72. The van der Waals surface area contributed by atoms with Gasteiger partial charge in [-0.3, -0.25) is 9.59 Å². The molecule has 2 aromatic carbocycles. The van der Waals surface area contributed by atoms with Crippen LogP contribution in [0.4, 0.5) is 10.1 Å². The number of hydrogen-bond acceptors (Lipinski definition) is 5. The van der Waals surface area contributed by atoms with Crippen molar-refractivity contribution in [2.45, 2.75) is 20.1 Å². The van der Waals surface area contributed by atoms with E-state index in [2.05, 4.69) is 5.10 Å². The summed E-state index contributed by atoms with van der Waals surface area (Å²) < 4.78 is 21.7. The van der Waals surface area contributed by atoms with Gasteiger partial charge < -0.3 is 19.3 Å². The molecule has 0 unspecified atom stereocenters. The molecule has 0 saturated carbocycles. The van der Waals surface area contributed by atoms with E-state index in [0.717, 1.165) is 5.56 Å². The smallest absolute Gasteiger partial charge is 0.277 e. The summed E-state index contributed by atoms with van der Waals surface area (Å²) in [6.07, 6.45) is 3.06. The highest BCUT2D eigenvalue weighted by atomic mass is 19.1. The molecule has 5 rings (SSSR count). The van der Waals surface area contributed by atoms with Gasteiger partial charge in [-0.25, -0.2) is 8.91 Å². The van der Waals surface area contributed by atoms with Gasteiger partial charge in [-0.15, -0.1) is 0 Å². The Balaban J connectivity index is 1.52. The van der Waals surface area contributed by atoms with Crippen LogP contribution in [0.15, 0.2) is 59.7 Å². The van der Waals surface area contributed by atoms with Crippen LogP contribution in [0.5, 0.6) is 5.75 Å². The van der Waals surface area contributed by atoms with Crippen molar-refractivity contribution < 1.29 is 19.0 Å². The molecular weight excluding hydrogens is 427 g/mol. The van der Waals surface area contributed by atoms with E-state index in [0.29, 0.717) is 41.4 Å². The fraction of sp³-hybridized carbons (Fsp3) is 0.208. The van der Waals surface area contributed by atoms with Gasteiger partial charge in [0.1, 0.15) is 30.2 Å². The third kappa shape index (κ3) is 3.66. The minimum absolute atomic E-state index is 0.172. The molecule has 0 saturated heterocycles. The third-order valence-corrected chi connectivity index (χ3v) is 5.72. The van der Waals surface area contributed by atoms with Crippen LogP contribution >= 0.6 is 0 Å². The van der Waals surface area contributed by atoms with Crippen LogP contribution in [0.25, 0.3) is 16.8 Å². The lowest BCUT2D eigenvalue weighted by Crippen LogP contribution is -2.41. The minimum Gasteiger partial charge on any atom is -0.490 e. The van der Waals surface area contributed by atoms with Gasteiger partial charge in [0.15, 0.2) is 0 Å². The molecule has 1 aliphatic heterocycles. The lowest BCUT2D eigenvalue weighted by atomic mass is 10.1. The molecule has 1 aliphatic rings. The van der Waals surface area contributed by atoms with Gasteiger partial charge in [0.25, 0.3) is 5.56 Å². The Morgan fingerprint density at radius 3 is 2.73 bits per heavy atom. The highest BCUT2D eigenvalue weighted by Gasteiger charge is 2.25. The van der Waals surface area contributed by atoms with Gasteiger partial charge in [0.05, 0.1) is 24.5 Å². The molecule has 168 valence electrons. The maximum Gasteiger partial charge on any atom is 0.277 e. The lowest BCUT2D eigenvalue weighted by Gasteiger charge is -2.30. The van der Waals surface area contributed by atoms with Crippen molar-refractivity contribution in [3.8, 4) is 17.0 Å². The maximum absolute atomic E-state index is 13.3. The zero-order valence-electron chi connectivity index (χ0n) is 17.9. The van der Waals surface area contributed by atoms with Gasteiger partial charge in [0.2, 0.25) is 5.91 Å². The van der Waals surface area contributed by atoms with E-state index in [9.17, 15) is 19.1 Å². The molecule has 1 amide bonds. The van der Waals surface area contributed by atoms with Gasteiger partial charge >= 0.3 is 0 Å². The summed E-state index contributed by atoms with van der Waals surface area (Å²) in [6, 6.07) is 11.3. The molecule has 0 spiro atoms. The fourth-order valence-electron chi connectivity index (χ4n) is 4.08. The van der Waals surface area contributed by atoms with E-state index in [4.69, 9.17) is 4.74 Å². The number of fused-ring (bicyclic) bond motifs is 2. The average Bonchev–Trinajstić information content (AvgIpc) is 3.20. The first-order valence-corrected chi connectivity index (χ1v) is 10.5. The molecule has 0 bridgehead atoms. The summed E-state index contributed by atoms with van der Waals surface area (Å²) in [5.74, 6) is -0.0143. The molecule has 33 heavy (non-hydrogen) atoms. The van der Waals surface area contributed by atoms with Crippen molar-refractivity contribution in [1.29, 1.82) is 0 Å². The lowest BCUT2D eigenvalue weighted by molar-refractivity contribution is -0.119. The second-order valence-electron chi connectivity index (χ2n) is 7.88. The number of hydrogen-bond donors (Lipinski definition) is 1. The van der Waals surface area contributed by atoms with E-state index in [1.54, 1.807) is 11.1 Å². The van der Waals surface area contributed by atoms with E-state index in [1.807, 2.05) is 25.1 Å². The van der Waals surface area contributed by atoms with Crippen LogP contribution in [0.2, 0.25) is 0 Å². The number of benzene rings is 2. The van der Waals surface area contributed by atoms with Crippen molar-refractivity contribution in [1.82, 2.24) is 14.2 Å². The monoisotopic (exact) mass is 448 g/mol. The van der Waals surface area contributed by atoms with E-state index < -0.39 is 18.0 Å². The van der Waals surface area contributed by atoms with E-state index in [1.165, 1.54) is 39.5 Å². The van der Waals surface area contributed by atoms with Crippen molar-refractivity contribution in [3.05, 3.63) is 82.2 Å². The van der Waals surface area contributed by atoms with E-state index >= 15 is 0 Å². The van der Waals surface area contributed by atoms with Crippen LogP contribution in [0.3, 0.4) is 0 Å². The van der Waals surface area contributed by atoms with Crippen LogP contribution in [0, 0.1) is 12.7 Å². The topological polar surface area (TPSA) is 89.1 Å². The molecule has 0 atom stereocenters. The van der Waals surface area contributed by atoms with Crippen LogP contribution in [-0.2, 0) is 17.9 Å². The highest BCUT2D eigenvalue weighted by Crippen LogP contribution is 2.32. The van der Waals surface area contributed by atoms with Crippen molar-refractivity contribution in [2.75, 3.05) is 18.1 Å². The van der Waals surface area contributed by atoms with Gasteiger partial charge in [-0.1, -0.05) is 6.07 Å². The van der Waals surface area contributed by atoms with E-state index in [-0.39, 0.29) is 18.0 Å². The Morgan fingerprint density at radius 2 is 1.97 bits per heavy atom. The predicted octanol–water partition coefficient (Wildman–Crippen LogP) is 2.53. The second kappa shape index (κ2) is 8.18. The molecule has 3 heterocycles. The summed E-state index contributed by atoms with van der Waals surface area (Å²) in [4.78, 5) is 28.0. The number of carbonyl (C=O) groups is 1. The summed E-state index contributed by atoms with van der Waals surface area (Å²) in [5.41, 5.74) is 2.68. The van der Waals surface area contributed by atoms with Gasteiger partial charge in [-0.2, -0.15) is 5.10 Å². The highest BCUT2D eigenvalue weighted by molar-refractivity contribution is 5.95. The number of halogens is 1. The van der Waals surface area contributed by atoms with Gasteiger partial charge in [0, 0.05) is 23.5 Å². The Labute approximate surface area is 188 Å². The Bertz CT molecular complexity index is 1430. The number of rotatable bonds is 4. The quantitative estimate of drug-likeness (QED) is 0.518. The second-order valence-corrected chi connectivity index (χ2v) is 7.88. The predicted molar refractivity (Wildman–Crippen MR) is 120 cm³/mol. The minimum atomic E-state index is -0.450. The molecule has 1 N–H and O–H groups in total. The molecule has 0 radical (unpaired) electrons. The first-order chi connectivity index (χ1) is 16.0. The zero-order valence-corrected chi connectivity index (χ0v) is 17.9. The Hall–Kier alpha value is -3.98. The molecule has 9 heteroatoms. The molecule has 8 nitrogen and oxygen atoms in total. The zero-order chi connectivity index (χ0) is 23.1. The largest absolute Gasteiger partial charge is 0.490 e. The number of amides is 1. The molecule has 4 aromatic rings. The Morgan fingerprint density at radius 1 is 1.18 bits per heavy atom. The average molecular weight is 448 g/mol. The van der Waals surface area contributed by atoms with Crippen LogP contribution in [-0.4, -0.2) is 38.3 Å².